The normalized spacial score (nSPS) is 40.4. The second kappa shape index (κ2) is 1.48. The summed E-state index contributed by atoms with van der Waals surface area (Å²) in [7, 11) is 0. The molecule has 3 nitrogen and oxygen atoms in total. The maximum Gasteiger partial charge on any atom is 0.321 e. The minimum absolute atomic E-state index is 0.310. The first kappa shape index (κ1) is 5.23. The van der Waals surface area contributed by atoms with Crippen molar-refractivity contribution in [2.24, 2.45) is 5.92 Å². The number of carboxylic acids is 1. The molecule has 0 aromatic heterocycles. The van der Waals surface area contributed by atoms with Crippen LogP contribution >= 0.6 is 0 Å². The van der Waals surface area contributed by atoms with Gasteiger partial charge < -0.3 is 10.4 Å². The fourth-order valence-corrected chi connectivity index (χ4v) is 1.42. The van der Waals surface area contributed by atoms with Crippen molar-refractivity contribution in [3.8, 4) is 0 Å². The fourth-order valence-electron chi connectivity index (χ4n) is 1.42. The Morgan fingerprint density at radius 2 is 2.56 bits per heavy atom. The van der Waals surface area contributed by atoms with Gasteiger partial charge in [-0.15, -0.1) is 0 Å². The summed E-state index contributed by atoms with van der Waals surface area (Å²) in [5, 5.41) is 11.4. The van der Waals surface area contributed by atoms with Gasteiger partial charge in [-0.05, 0) is 18.9 Å². The van der Waals surface area contributed by atoms with Gasteiger partial charge in [-0.3, -0.25) is 4.79 Å². The first-order chi connectivity index (χ1) is 4.29. The van der Waals surface area contributed by atoms with Crippen LogP contribution in [0.2, 0.25) is 0 Å². The van der Waals surface area contributed by atoms with Crippen LogP contribution in [-0.2, 0) is 4.79 Å². The highest BCUT2D eigenvalue weighted by molar-refractivity contribution is 5.78. The zero-order chi connectivity index (χ0) is 6.43. The van der Waals surface area contributed by atoms with Gasteiger partial charge in [0.1, 0.15) is 6.04 Å². The predicted octanol–water partition coefficient (Wildman–Crippen LogP) is -0.363. The minimum atomic E-state index is -0.718. The molecule has 2 N–H and O–H groups in total. The van der Waals surface area contributed by atoms with E-state index in [-0.39, 0.29) is 6.04 Å². The summed E-state index contributed by atoms with van der Waals surface area (Å²) in [5.41, 5.74) is 0. The van der Waals surface area contributed by atoms with Crippen LogP contribution in [0.5, 0.6) is 0 Å². The summed E-state index contributed by atoms with van der Waals surface area (Å²) >= 11 is 0. The second-order valence-electron chi connectivity index (χ2n) is 2.66. The average molecular weight is 126 g/mol. The molecule has 2 fully saturated rings. The Balaban J connectivity index is 2.06. The van der Waals surface area contributed by atoms with Gasteiger partial charge in [0.25, 0.3) is 0 Å². The van der Waals surface area contributed by atoms with Gasteiger partial charge in [-0.1, -0.05) is 0 Å². The Kier molecular flexibility index (Phi) is 0.858. The number of aliphatic carboxylic acids is 1. The Morgan fingerprint density at radius 3 is 2.78 bits per heavy atom. The molecule has 1 aliphatic heterocycles. The molecule has 0 aromatic rings. The van der Waals surface area contributed by atoms with Crippen LogP contribution in [0.25, 0.3) is 0 Å². The third-order valence-electron chi connectivity index (χ3n) is 2.03. The van der Waals surface area contributed by atoms with E-state index in [2.05, 4.69) is 5.32 Å². The SMILES string of the molecule is O=C(O)C1NCC2C[C]21. The van der Waals surface area contributed by atoms with E-state index >= 15 is 0 Å². The molecule has 2 unspecified atom stereocenters. The number of carboxylic acid groups (broad SMARTS) is 1. The molecule has 2 aliphatic rings. The second-order valence-corrected chi connectivity index (χ2v) is 2.66. The van der Waals surface area contributed by atoms with Gasteiger partial charge >= 0.3 is 5.97 Å². The molecule has 2 rings (SSSR count). The summed E-state index contributed by atoms with van der Waals surface area (Å²) < 4.78 is 0. The molecule has 1 radical (unpaired) electrons. The van der Waals surface area contributed by atoms with E-state index in [1.807, 2.05) is 0 Å². The number of fused-ring (bicyclic) bond motifs is 1. The van der Waals surface area contributed by atoms with Crippen LogP contribution in [0.1, 0.15) is 6.42 Å². The Bertz CT molecular complexity index is 157. The molecule has 3 heteroatoms. The van der Waals surface area contributed by atoms with Crippen molar-refractivity contribution < 1.29 is 9.90 Å². The van der Waals surface area contributed by atoms with E-state index in [0.29, 0.717) is 5.92 Å². The Labute approximate surface area is 53.1 Å². The van der Waals surface area contributed by atoms with Crippen molar-refractivity contribution in [3.63, 3.8) is 0 Å². The van der Waals surface area contributed by atoms with Crippen molar-refractivity contribution in [2.45, 2.75) is 12.5 Å². The molecular weight excluding hydrogens is 118 g/mol. The van der Waals surface area contributed by atoms with E-state index in [1.54, 1.807) is 0 Å². The summed E-state index contributed by atoms with van der Waals surface area (Å²) in [6, 6.07) is -0.310. The van der Waals surface area contributed by atoms with Crippen LogP contribution in [0, 0.1) is 11.8 Å². The number of rotatable bonds is 1. The van der Waals surface area contributed by atoms with Crippen LogP contribution in [0.4, 0.5) is 0 Å². The monoisotopic (exact) mass is 126 g/mol. The predicted molar refractivity (Wildman–Crippen MR) is 30.8 cm³/mol. The average Bonchev–Trinajstić information content (AvgIpc) is 2.43. The van der Waals surface area contributed by atoms with Crippen LogP contribution in [0.3, 0.4) is 0 Å². The van der Waals surface area contributed by atoms with Gasteiger partial charge in [0.05, 0.1) is 0 Å². The lowest BCUT2D eigenvalue weighted by atomic mass is 10.2. The van der Waals surface area contributed by atoms with Crippen LogP contribution in [0.15, 0.2) is 0 Å². The van der Waals surface area contributed by atoms with Gasteiger partial charge in [-0.2, -0.15) is 0 Å². The van der Waals surface area contributed by atoms with Crippen molar-refractivity contribution in [3.05, 3.63) is 5.92 Å². The van der Waals surface area contributed by atoms with E-state index in [9.17, 15) is 4.79 Å². The number of hydrogen-bond donors (Lipinski definition) is 2. The number of hydrogen-bond acceptors (Lipinski definition) is 2. The van der Waals surface area contributed by atoms with Gasteiger partial charge in [-0.25, -0.2) is 0 Å². The largest absolute Gasteiger partial charge is 0.480 e. The topological polar surface area (TPSA) is 49.3 Å². The number of carbonyl (C=O) groups is 1. The molecule has 2 atom stereocenters. The maximum absolute atomic E-state index is 10.4. The van der Waals surface area contributed by atoms with E-state index in [1.165, 1.54) is 5.92 Å². The molecule has 1 aliphatic carbocycles. The quantitative estimate of drug-likeness (QED) is 0.504. The summed E-state index contributed by atoms with van der Waals surface area (Å²) in [4.78, 5) is 10.4. The van der Waals surface area contributed by atoms with Gasteiger partial charge in [0.2, 0.25) is 0 Å². The zero-order valence-corrected chi connectivity index (χ0v) is 4.92. The highest BCUT2D eigenvalue weighted by Gasteiger charge is 2.51. The van der Waals surface area contributed by atoms with Crippen LogP contribution in [-0.4, -0.2) is 23.7 Å². The lowest BCUT2D eigenvalue weighted by Crippen LogP contribution is -2.33. The summed E-state index contributed by atoms with van der Waals surface area (Å²) in [5.74, 6) is 1.08. The number of nitrogens with one attached hydrogen (secondary N) is 1. The zero-order valence-electron chi connectivity index (χ0n) is 4.92. The van der Waals surface area contributed by atoms with Crippen molar-refractivity contribution in [2.75, 3.05) is 6.54 Å². The molecule has 1 saturated heterocycles. The maximum atomic E-state index is 10.4. The molecule has 9 heavy (non-hydrogen) atoms. The van der Waals surface area contributed by atoms with Crippen LogP contribution < -0.4 is 5.32 Å². The molecule has 0 spiro atoms. The molecule has 0 bridgehead atoms. The highest BCUT2D eigenvalue weighted by atomic mass is 16.4. The van der Waals surface area contributed by atoms with Gasteiger partial charge in [0, 0.05) is 5.92 Å². The smallest absolute Gasteiger partial charge is 0.321 e. The third kappa shape index (κ3) is 0.645. The molecule has 1 heterocycles. The van der Waals surface area contributed by atoms with E-state index in [0.717, 1.165) is 13.0 Å². The van der Waals surface area contributed by atoms with E-state index in [4.69, 9.17) is 5.11 Å². The Hall–Kier alpha value is -0.570. The lowest BCUT2D eigenvalue weighted by molar-refractivity contribution is -0.138. The first-order valence-corrected chi connectivity index (χ1v) is 3.11. The molecule has 0 amide bonds. The van der Waals surface area contributed by atoms with Crippen molar-refractivity contribution in [1.82, 2.24) is 5.32 Å². The van der Waals surface area contributed by atoms with E-state index < -0.39 is 5.97 Å². The molecule has 1 saturated carbocycles. The van der Waals surface area contributed by atoms with Crippen molar-refractivity contribution in [1.29, 1.82) is 0 Å². The Morgan fingerprint density at radius 1 is 1.78 bits per heavy atom. The molecular formula is C6H8NO2. The molecule has 0 aromatic carbocycles. The number of piperidine rings is 1. The third-order valence-corrected chi connectivity index (χ3v) is 2.03. The molecule has 49 valence electrons. The standard InChI is InChI=1S/C6H8NO2/c8-6(9)5-4-1-3(4)2-7-5/h3,5,7H,1-2H2,(H,8,9). The fraction of sp³-hybridized carbons (Fsp3) is 0.667. The highest BCUT2D eigenvalue weighted by Crippen LogP contribution is 2.47. The summed E-state index contributed by atoms with van der Waals surface area (Å²) in [6.07, 6.45) is 1.05. The summed E-state index contributed by atoms with van der Waals surface area (Å²) in [6.45, 7) is 0.881. The first-order valence-electron chi connectivity index (χ1n) is 3.11. The minimum Gasteiger partial charge on any atom is -0.480 e. The van der Waals surface area contributed by atoms with Crippen molar-refractivity contribution >= 4 is 5.97 Å². The lowest BCUT2D eigenvalue weighted by Gasteiger charge is -2.04. The van der Waals surface area contributed by atoms with Gasteiger partial charge in [0.15, 0.2) is 0 Å².